The Morgan fingerprint density at radius 2 is 1.89 bits per heavy atom. The minimum Gasteiger partial charge on any atom is -0.480 e. The molecule has 0 aromatic carbocycles. The predicted octanol–water partition coefficient (Wildman–Crippen LogP) is -0.746. The second-order valence-electron chi connectivity index (χ2n) is 3.95. The van der Waals surface area contributed by atoms with E-state index in [2.05, 4.69) is 10.6 Å². The highest BCUT2D eigenvalue weighted by atomic mass is 16.5. The summed E-state index contributed by atoms with van der Waals surface area (Å²) in [5, 5.41) is 13.8. The number of amides is 3. The second-order valence-corrected chi connectivity index (χ2v) is 3.95. The molecule has 0 saturated heterocycles. The van der Waals surface area contributed by atoms with Crippen LogP contribution in [-0.2, 0) is 14.3 Å². The van der Waals surface area contributed by atoms with Crippen molar-refractivity contribution in [2.45, 2.75) is 19.4 Å². The zero-order valence-electron chi connectivity index (χ0n) is 11.4. The van der Waals surface area contributed by atoms with Crippen molar-refractivity contribution in [1.29, 1.82) is 0 Å². The quantitative estimate of drug-likeness (QED) is 0.505. The molecular formula is C11H21N3O5. The average molecular weight is 275 g/mol. The summed E-state index contributed by atoms with van der Waals surface area (Å²) in [7, 11) is 2.92. The number of nitrogens with one attached hydrogen (secondary N) is 2. The van der Waals surface area contributed by atoms with Crippen LogP contribution in [0.25, 0.3) is 0 Å². The van der Waals surface area contributed by atoms with Crippen LogP contribution in [0.3, 0.4) is 0 Å². The lowest BCUT2D eigenvalue weighted by molar-refractivity contribution is -0.141. The SMILES string of the molecule is COCCNC(=O)CCNC(=O)N(C)C(C)C(=O)O. The van der Waals surface area contributed by atoms with Crippen molar-refractivity contribution in [1.82, 2.24) is 15.5 Å². The first-order valence-electron chi connectivity index (χ1n) is 5.89. The molecule has 0 spiro atoms. The Morgan fingerprint density at radius 1 is 1.26 bits per heavy atom. The monoisotopic (exact) mass is 275 g/mol. The van der Waals surface area contributed by atoms with Gasteiger partial charge in [-0.15, -0.1) is 0 Å². The van der Waals surface area contributed by atoms with Crippen LogP contribution in [0.1, 0.15) is 13.3 Å². The van der Waals surface area contributed by atoms with E-state index in [4.69, 9.17) is 9.84 Å². The highest BCUT2D eigenvalue weighted by molar-refractivity contribution is 5.82. The topological polar surface area (TPSA) is 108 Å². The Balaban J connectivity index is 3.85. The molecule has 0 heterocycles. The van der Waals surface area contributed by atoms with Crippen molar-refractivity contribution in [3.8, 4) is 0 Å². The van der Waals surface area contributed by atoms with Gasteiger partial charge in [-0.25, -0.2) is 9.59 Å². The Labute approximate surface area is 112 Å². The Bertz CT molecular complexity index is 321. The molecule has 1 atom stereocenters. The van der Waals surface area contributed by atoms with Gasteiger partial charge in [0.1, 0.15) is 6.04 Å². The maximum atomic E-state index is 11.5. The molecule has 0 aliphatic carbocycles. The normalized spacial score (nSPS) is 11.5. The van der Waals surface area contributed by atoms with Crippen molar-refractivity contribution in [2.75, 3.05) is 33.9 Å². The van der Waals surface area contributed by atoms with Crippen LogP contribution in [0.5, 0.6) is 0 Å². The number of methoxy groups -OCH3 is 1. The van der Waals surface area contributed by atoms with Gasteiger partial charge in [-0.3, -0.25) is 4.79 Å². The molecule has 3 amide bonds. The molecule has 1 unspecified atom stereocenters. The number of rotatable bonds is 8. The van der Waals surface area contributed by atoms with E-state index in [0.717, 1.165) is 4.90 Å². The molecule has 3 N–H and O–H groups in total. The Hall–Kier alpha value is -1.83. The van der Waals surface area contributed by atoms with Gasteiger partial charge in [-0.05, 0) is 6.92 Å². The highest BCUT2D eigenvalue weighted by Crippen LogP contribution is 1.95. The maximum absolute atomic E-state index is 11.5. The van der Waals surface area contributed by atoms with Crippen molar-refractivity contribution < 1.29 is 24.2 Å². The minimum absolute atomic E-state index is 0.130. The van der Waals surface area contributed by atoms with Gasteiger partial charge in [0.2, 0.25) is 5.91 Å². The number of carboxylic acids is 1. The molecule has 0 aromatic heterocycles. The fourth-order valence-electron chi connectivity index (χ4n) is 1.13. The lowest BCUT2D eigenvalue weighted by Gasteiger charge is -2.21. The zero-order chi connectivity index (χ0) is 14.8. The van der Waals surface area contributed by atoms with Gasteiger partial charge >= 0.3 is 12.0 Å². The number of hydrogen-bond acceptors (Lipinski definition) is 4. The number of carbonyl (C=O) groups is 3. The summed E-state index contributed by atoms with van der Waals surface area (Å²) < 4.78 is 4.77. The van der Waals surface area contributed by atoms with Crippen LogP contribution in [0.2, 0.25) is 0 Å². The molecule has 0 bridgehead atoms. The van der Waals surface area contributed by atoms with Crippen LogP contribution in [0, 0.1) is 0 Å². The van der Waals surface area contributed by atoms with Crippen LogP contribution >= 0.6 is 0 Å². The van der Waals surface area contributed by atoms with Gasteiger partial charge in [0, 0.05) is 33.7 Å². The molecule has 0 aliphatic rings. The number of carbonyl (C=O) groups excluding carboxylic acids is 2. The molecule has 0 radical (unpaired) electrons. The number of likely N-dealkylation sites (N-methyl/N-ethyl adjacent to an activating group) is 1. The number of hydrogen-bond donors (Lipinski definition) is 3. The van der Waals surface area contributed by atoms with Gasteiger partial charge in [0.15, 0.2) is 0 Å². The molecule has 8 heteroatoms. The van der Waals surface area contributed by atoms with E-state index >= 15 is 0 Å². The van der Waals surface area contributed by atoms with Crippen LogP contribution in [0.4, 0.5) is 4.79 Å². The summed E-state index contributed by atoms with van der Waals surface area (Å²) in [5.74, 6) is -1.29. The second kappa shape index (κ2) is 9.15. The number of urea groups is 1. The van der Waals surface area contributed by atoms with E-state index in [9.17, 15) is 14.4 Å². The Morgan fingerprint density at radius 3 is 2.42 bits per heavy atom. The summed E-state index contributed by atoms with van der Waals surface area (Å²) in [5.41, 5.74) is 0. The van der Waals surface area contributed by atoms with E-state index in [0.29, 0.717) is 13.2 Å². The summed E-state index contributed by atoms with van der Waals surface area (Å²) in [4.78, 5) is 34.6. The molecule has 19 heavy (non-hydrogen) atoms. The summed E-state index contributed by atoms with van der Waals surface area (Å²) in [6.07, 6.45) is 0.130. The van der Waals surface area contributed by atoms with Gasteiger partial charge in [-0.2, -0.15) is 0 Å². The number of aliphatic carboxylic acids is 1. The molecular weight excluding hydrogens is 254 g/mol. The minimum atomic E-state index is -1.09. The predicted molar refractivity (Wildman–Crippen MR) is 67.8 cm³/mol. The molecule has 8 nitrogen and oxygen atoms in total. The van der Waals surface area contributed by atoms with Gasteiger partial charge in [0.05, 0.1) is 6.61 Å². The first kappa shape index (κ1) is 17.2. The fourth-order valence-corrected chi connectivity index (χ4v) is 1.13. The van der Waals surface area contributed by atoms with E-state index in [1.807, 2.05) is 0 Å². The van der Waals surface area contributed by atoms with E-state index < -0.39 is 18.0 Å². The zero-order valence-corrected chi connectivity index (χ0v) is 11.4. The average Bonchev–Trinajstić information content (AvgIpc) is 2.37. The third kappa shape index (κ3) is 7.24. The molecule has 110 valence electrons. The summed E-state index contributed by atoms with van der Waals surface area (Å²) in [6, 6.07) is -1.45. The van der Waals surface area contributed by atoms with E-state index in [1.54, 1.807) is 0 Å². The lowest BCUT2D eigenvalue weighted by Crippen LogP contribution is -2.46. The molecule has 0 saturated carbocycles. The van der Waals surface area contributed by atoms with Crippen LogP contribution < -0.4 is 10.6 Å². The van der Waals surface area contributed by atoms with Gasteiger partial charge in [0.25, 0.3) is 0 Å². The molecule has 0 fully saturated rings. The van der Waals surface area contributed by atoms with E-state index in [-0.39, 0.29) is 18.9 Å². The van der Waals surface area contributed by atoms with Crippen LogP contribution in [0.15, 0.2) is 0 Å². The number of ether oxygens (including phenoxy) is 1. The standard InChI is InChI=1S/C11H21N3O5/c1-8(10(16)17)14(2)11(18)13-5-4-9(15)12-6-7-19-3/h8H,4-7H2,1-3H3,(H,12,15)(H,13,18)(H,16,17). The van der Waals surface area contributed by atoms with Crippen molar-refractivity contribution in [3.05, 3.63) is 0 Å². The first-order chi connectivity index (χ1) is 8.90. The van der Waals surface area contributed by atoms with Gasteiger partial charge < -0.3 is 25.4 Å². The van der Waals surface area contributed by atoms with Crippen molar-refractivity contribution in [3.63, 3.8) is 0 Å². The van der Waals surface area contributed by atoms with Crippen molar-refractivity contribution in [2.24, 2.45) is 0 Å². The van der Waals surface area contributed by atoms with Gasteiger partial charge in [-0.1, -0.05) is 0 Å². The summed E-state index contributed by atoms with van der Waals surface area (Å²) >= 11 is 0. The number of nitrogens with zero attached hydrogens (tertiary/aromatic N) is 1. The van der Waals surface area contributed by atoms with Crippen molar-refractivity contribution >= 4 is 17.9 Å². The highest BCUT2D eigenvalue weighted by Gasteiger charge is 2.21. The smallest absolute Gasteiger partial charge is 0.326 e. The van der Waals surface area contributed by atoms with Crippen LogP contribution in [-0.4, -0.2) is 67.8 Å². The largest absolute Gasteiger partial charge is 0.480 e. The molecule has 0 aromatic rings. The maximum Gasteiger partial charge on any atom is 0.326 e. The molecule has 0 rings (SSSR count). The Kier molecular flexibility index (Phi) is 8.27. The third-order valence-corrected chi connectivity index (χ3v) is 2.52. The lowest BCUT2D eigenvalue weighted by atomic mass is 10.3. The third-order valence-electron chi connectivity index (χ3n) is 2.52. The first-order valence-corrected chi connectivity index (χ1v) is 5.89. The fraction of sp³-hybridized carbons (Fsp3) is 0.727. The summed E-state index contributed by atoms with van der Waals surface area (Å²) in [6.45, 7) is 2.39. The molecule has 0 aliphatic heterocycles. The van der Waals surface area contributed by atoms with E-state index in [1.165, 1.54) is 21.1 Å². The number of carboxylic acid groups (broad SMARTS) is 1.